The number of nitrogens with zero attached hydrogens (tertiary/aromatic N) is 5. The van der Waals surface area contributed by atoms with Crippen LogP contribution >= 0.6 is 23.2 Å². The van der Waals surface area contributed by atoms with Crippen molar-refractivity contribution in [3.05, 3.63) is 119 Å². The zero-order valence-electron chi connectivity index (χ0n) is 28.2. The van der Waals surface area contributed by atoms with E-state index in [2.05, 4.69) is 26.7 Å². The molecule has 0 aliphatic carbocycles. The minimum absolute atomic E-state index is 0.140. The number of likely N-dealkylation sites (tertiary alicyclic amines) is 1. The number of aromatic nitrogens is 4. The molecule has 1 unspecified atom stereocenters. The maximum absolute atomic E-state index is 14.6. The van der Waals surface area contributed by atoms with Crippen molar-refractivity contribution in [2.75, 3.05) is 29.9 Å². The van der Waals surface area contributed by atoms with Crippen LogP contribution in [0.2, 0.25) is 10.0 Å². The molecule has 3 aromatic carbocycles. The maximum atomic E-state index is 14.6. The molecule has 1 atom stereocenters. The molecule has 258 valence electrons. The van der Waals surface area contributed by atoms with Crippen molar-refractivity contribution in [2.24, 2.45) is 0 Å². The average molecular weight is 719 g/mol. The van der Waals surface area contributed by atoms with Crippen molar-refractivity contribution in [1.29, 1.82) is 0 Å². The molecule has 2 aliphatic rings. The minimum atomic E-state index is -0.310. The third-order valence-electron chi connectivity index (χ3n) is 10.2. The van der Waals surface area contributed by atoms with E-state index in [0.29, 0.717) is 33.7 Å². The monoisotopic (exact) mass is 717 g/mol. The Morgan fingerprint density at radius 2 is 1.69 bits per heavy atom. The topological polar surface area (TPSA) is 99.2 Å². The highest BCUT2D eigenvalue weighted by Gasteiger charge is 2.32. The highest BCUT2D eigenvalue weighted by molar-refractivity contribution is 6.31. The number of anilines is 2. The van der Waals surface area contributed by atoms with Gasteiger partial charge in [0, 0.05) is 70.4 Å². The second-order valence-corrected chi connectivity index (χ2v) is 14.1. The molecule has 0 spiro atoms. The van der Waals surface area contributed by atoms with E-state index in [-0.39, 0.29) is 23.9 Å². The van der Waals surface area contributed by atoms with E-state index in [4.69, 9.17) is 33.2 Å². The number of pyridine rings is 1. The van der Waals surface area contributed by atoms with Crippen LogP contribution in [0.1, 0.15) is 54.7 Å². The number of benzene rings is 3. The number of rotatable bonds is 8. The number of hydrogen-bond donors (Lipinski definition) is 2. The van der Waals surface area contributed by atoms with Crippen LogP contribution in [-0.4, -0.2) is 61.9 Å². The van der Waals surface area contributed by atoms with E-state index < -0.39 is 0 Å². The van der Waals surface area contributed by atoms with Gasteiger partial charge in [0.05, 0.1) is 29.4 Å². The van der Waals surface area contributed by atoms with Crippen LogP contribution < -0.4 is 10.2 Å². The lowest BCUT2D eigenvalue weighted by Gasteiger charge is -2.37. The minimum Gasteiger partial charge on any atom is -0.355 e. The molecule has 51 heavy (non-hydrogen) atoms. The van der Waals surface area contributed by atoms with Crippen molar-refractivity contribution in [3.63, 3.8) is 0 Å². The molecule has 3 aromatic heterocycles. The summed E-state index contributed by atoms with van der Waals surface area (Å²) in [4.78, 5) is 44.4. The van der Waals surface area contributed by atoms with E-state index >= 15 is 0 Å². The molecule has 0 radical (unpaired) electrons. The van der Waals surface area contributed by atoms with Gasteiger partial charge in [0.25, 0.3) is 5.91 Å². The number of carbonyl (C=O) groups is 2. The fourth-order valence-electron chi connectivity index (χ4n) is 7.57. The Bertz CT molecular complexity index is 2220. The summed E-state index contributed by atoms with van der Waals surface area (Å²) in [5, 5.41) is 5.27. The van der Waals surface area contributed by atoms with Gasteiger partial charge in [-0.3, -0.25) is 9.59 Å². The summed E-state index contributed by atoms with van der Waals surface area (Å²) in [6.45, 7) is 4.44. The third-order valence-corrected chi connectivity index (χ3v) is 10.7. The van der Waals surface area contributed by atoms with Gasteiger partial charge in [-0.1, -0.05) is 71.7 Å². The third kappa shape index (κ3) is 6.36. The normalized spacial score (nSPS) is 15.9. The fraction of sp³-hybridized carbons (Fsp3) is 0.250. The number of piperidine rings is 1. The van der Waals surface area contributed by atoms with Crippen molar-refractivity contribution in [2.45, 2.75) is 44.7 Å². The second-order valence-electron chi connectivity index (χ2n) is 13.2. The fourth-order valence-corrected chi connectivity index (χ4v) is 7.87. The number of H-pyrrole nitrogens is 1. The summed E-state index contributed by atoms with van der Waals surface area (Å²) in [5.74, 6) is 0.660. The molecule has 2 fully saturated rings. The Labute approximate surface area is 306 Å². The number of amides is 2. The zero-order chi connectivity index (χ0) is 35.1. The number of carbonyl (C=O) groups excluding carboxylic acids is 2. The summed E-state index contributed by atoms with van der Waals surface area (Å²) in [7, 11) is 0. The molecule has 6 aromatic rings. The van der Waals surface area contributed by atoms with Crippen LogP contribution in [0.3, 0.4) is 0 Å². The summed E-state index contributed by atoms with van der Waals surface area (Å²) < 4.78 is 2.12. The molecule has 2 aliphatic heterocycles. The Balaban J connectivity index is 1.19. The lowest BCUT2D eigenvalue weighted by Crippen LogP contribution is -2.45. The van der Waals surface area contributed by atoms with Gasteiger partial charge in [-0.25, -0.2) is 9.97 Å². The van der Waals surface area contributed by atoms with Crippen LogP contribution in [0.4, 0.5) is 11.5 Å². The van der Waals surface area contributed by atoms with Gasteiger partial charge in [-0.2, -0.15) is 0 Å². The van der Waals surface area contributed by atoms with Gasteiger partial charge >= 0.3 is 0 Å². The number of hydrogen-bond acceptors (Lipinski definition) is 5. The Kier molecular flexibility index (Phi) is 9.00. The lowest BCUT2D eigenvalue weighted by atomic mass is 9.99. The molecule has 2 amide bonds. The molecular weight excluding hydrogens is 681 g/mol. The molecule has 0 bridgehead atoms. The SMILES string of the molecule is CC(c1ccc(Cl)cc1)n1cnc(-c2ccccc2)c1-c1c(C(=O)Nc2cccnc2N2CCC(N3CCCC3=O)CC2)[nH]c2cc(Cl)ccc12. The molecule has 0 saturated carbocycles. The predicted molar refractivity (Wildman–Crippen MR) is 204 cm³/mol. The smallest absolute Gasteiger partial charge is 0.272 e. The number of halogens is 2. The van der Waals surface area contributed by atoms with E-state index in [1.165, 1.54) is 0 Å². The second kappa shape index (κ2) is 13.9. The van der Waals surface area contributed by atoms with Crippen LogP contribution in [0, 0.1) is 0 Å². The van der Waals surface area contributed by atoms with Crippen LogP contribution in [0.25, 0.3) is 33.4 Å². The van der Waals surface area contributed by atoms with Gasteiger partial charge in [-0.05, 0) is 68.1 Å². The van der Waals surface area contributed by atoms with Gasteiger partial charge < -0.3 is 24.7 Å². The highest BCUT2D eigenvalue weighted by atomic mass is 35.5. The summed E-state index contributed by atoms with van der Waals surface area (Å²) >= 11 is 12.8. The first-order chi connectivity index (χ1) is 24.9. The van der Waals surface area contributed by atoms with Crippen molar-refractivity contribution < 1.29 is 9.59 Å². The van der Waals surface area contributed by atoms with E-state index in [0.717, 1.165) is 77.9 Å². The summed E-state index contributed by atoms with van der Waals surface area (Å²) in [6.07, 6.45) is 6.89. The maximum Gasteiger partial charge on any atom is 0.272 e. The molecule has 2 N–H and O–H groups in total. The summed E-state index contributed by atoms with van der Waals surface area (Å²) in [6, 6.07) is 27.2. The van der Waals surface area contributed by atoms with Gasteiger partial charge in [0.2, 0.25) is 5.91 Å². The molecular formula is C40H37Cl2N7O2. The number of nitrogens with one attached hydrogen (secondary N) is 2. The summed E-state index contributed by atoms with van der Waals surface area (Å²) in [5.41, 5.74) is 5.98. The number of aromatic amines is 1. The predicted octanol–water partition coefficient (Wildman–Crippen LogP) is 8.85. The van der Waals surface area contributed by atoms with Crippen LogP contribution in [0.15, 0.2) is 97.5 Å². The Hall–Kier alpha value is -5.12. The first-order valence-corrected chi connectivity index (χ1v) is 18.1. The largest absolute Gasteiger partial charge is 0.355 e. The number of fused-ring (bicyclic) bond motifs is 1. The molecule has 8 rings (SSSR count). The number of imidazole rings is 1. The van der Waals surface area contributed by atoms with Gasteiger partial charge in [0.1, 0.15) is 5.69 Å². The first kappa shape index (κ1) is 33.0. The highest BCUT2D eigenvalue weighted by Crippen LogP contribution is 2.42. The Morgan fingerprint density at radius 3 is 2.43 bits per heavy atom. The average Bonchev–Trinajstić information content (AvgIpc) is 3.89. The zero-order valence-corrected chi connectivity index (χ0v) is 29.7. The standard InChI is InChI=1S/C40H37Cl2N7O2/c1-25(26-11-13-28(41)14-12-26)49-24-44-36(27-7-3-2-4-8-27)38(49)35-31-16-15-29(42)23-33(31)45-37(35)40(51)46-32-9-5-19-43-39(32)47-21-17-30(18-22-47)48-20-6-10-34(48)50/h2-5,7-9,11-16,19,23-25,30,45H,6,10,17-18,20-22H2,1H3,(H,46,51). The van der Waals surface area contributed by atoms with Gasteiger partial charge in [-0.15, -0.1) is 0 Å². The molecule has 5 heterocycles. The van der Waals surface area contributed by atoms with Crippen LogP contribution in [0.5, 0.6) is 0 Å². The first-order valence-electron chi connectivity index (χ1n) is 17.4. The van der Waals surface area contributed by atoms with E-state index in [9.17, 15) is 9.59 Å². The van der Waals surface area contributed by atoms with Crippen molar-refractivity contribution in [3.8, 4) is 22.5 Å². The van der Waals surface area contributed by atoms with E-state index in [1.54, 1.807) is 6.20 Å². The van der Waals surface area contributed by atoms with Crippen molar-refractivity contribution in [1.82, 2.24) is 24.4 Å². The van der Waals surface area contributed by atoms with Crippen LogP contribution in [-0.2, 0) is 4.79 Å². The molecule has 2 saturated heterocycles. The quantitative estimate of drug-likeness (QED) is 0.164. The Morgan fingerprint density at radius 1 is 0.922 bits per heavy atom. The van der Waals surface area contributed by atoms with Gasteiger partial charge in [0.15, 0.2) is 5.82 Å². The molecule has 9 nitrogen and oxygen atoms in total. The van der Waals surface area contributed by atoms with E-state index in [1.807, 2.05) is 96.2 Å². The molecule has 11 heteroatoms. The lowest BCUT2D eigenvalue weighted by molar-refractivity contribution is -0.130. The van der Waals surface area contributed by atoms with Crippen molar-refractivity contribution >= 4 is 57.4 Å².